The Kier molecular flexibility index (Phi) is 30.0. The highest BCUT2D eigenvalue weighted by atomic mass is 31.2. The number of nitrogens with one attached hydrogen (secondary N) is 2. The van der Waals surface area contributed by atoms with Gasteiger partial charge in [-0.3, -0.25) is 28.2 Å². The lowest BCUT2D eigenvalue weighted by molar-refractivity contribution is -0.370. The van der Waals surface area contributed by atoms with Gasteiger partial charge in [0.25, 0.3) is 0 Å². The van der Waals surface area contributed by atoms with Gasteiger partial charge >= 0.3 is 19.9 Å². The standard InChI is InChI=1S/C58H94N5O27P/c1-27(2)15-14-17-28(3)18-19-30(5)20-23-57(9,10)22-13-12-16-29(4)21-24-80-35(51(74)75)26-81-91(78,79)90-55-46(47(89-56(61)76)58(11,77)48(88-55)50(60)73)87-53-37(63-33(8)66)39(68)44(34(25-64)83-53)85-52-36(62-32(7)65)38(67)43(31(6)82-52)84-54-42(71)40(69)41(70)45(86-54)49(59)72/h12-13,15,18,21,31,34-48,52-55,64,67-71,77H,5,14,16-17,19-20,22-26H2,1-4,6-11H3,(H2,59,72)(H2,60,73)(H2,61,76)(H,62,65)(H,63,66)(H,74,75)(H,78,79)/b13-12+,28-18+,29-21-/t31-,34-,35-,36-,37-,38-,39-,40+,41+,42-,43-,44-,45+,46-,47-,48-,52+,53+,54-,55-,58+/m1/s1. The van der Waals surface area contributed by atoms with E-state index < -0.39 is 185 Å². The van der Waals surface area contributed by atoms with Gasteiger partial charge in [-0.1, -0.05) is 73.1 Å². The van der Waals surface area contributed by atoms with E-state index in [2.05, 4.69) is 70.1 Å². The van der Waals surface area contributed by atoms with Gasteiger partial charge in [-0.15, -0.1) is 0 Å². The van der Waals surface area contributed by atoms with Crippen molar-refractivity contribution < 1.29 is 131 Å². The molecule has 4 rings (SSSR count). The summed E-state index contributed by atoms with van der Waals surface area (Å²) in [4.78, 5) is 86.2. The molecule has 1 unspecified atom stereocenters. The first-order chi connectivity index (χ1) is 42.3. The quantitative estimate of drug-likeness (QED) is 0.0288. The largest absolute Gasteiger partial charge is 0.479 e. The maximum absolute atomic E-state index is 13.8. The lowest BCUT2D eigenvalue weighted by atomic mass is 9.82. The summed E-state index contributed by atoms with van der Waals surface area (Å²) in [6.45, 7) is 18.2. The van der Waals surface area contributed by atoms with Crippen molar-refractivity contribution in [2.24, 2.45) is 22.6 Å². The topological polar surface area (TPSA) is 505 Å². The van der Waals surface area contributed by atoms with E-state index in [1.807, 2.05) is 6.08 Å². The van der Waals surface area contributed by atoms with Crippen molar-refractivity contribution in [1.82, 2.24) is 10.6 Å². The van der Waals surface area contributed by atoms with Gasteiger partial charge in [0.2, 0.25) is 23.6 Å². The third-order valence-electron chi connectivity index (χ3n) is 15.5. The Hall–Kier alpha value is -5.17. The molecule has 4 saturated heterocycles. The number of ether oxygens (including phenoxy) is 9. The number of carboxylic acids is 1. The molecule has 4 aliphatic rings. The Morgan fingerprint density at radius 3 is 1.88 bits per heavy atom. The van der Waals surface area contributed by atoms with Crippen molar-refractivity contribution in [3.8, 4) is 0 Å². The van der Waals surface area contributed by atoms with E-state index in [0.717, 1.165) is 70.4 Å². The molecule has 0 spiro atoms. The van der Waals surface area contributed by atoms with Gasteiger partial charge in [0.05, 0.1) is 25.9 Å². The van der Waals surface area contributed by atoms with Gasteiger partial charge in [0, 0.05) is 13.8 Å². The molecule has 518 valence electrons. The fraction of sp³-hybridized carbons (Fsp3) is 0.724. The molecule has 0 radical (unpaired) electrons. The van der Waals surface area contributed by atoms with Gasteiger partial charge in [-0.2, -0.15) is 0 Å². The number of rotatable bonds is 33. The second-order valence-electron chi connectivity index (χ2n) is 24.3. The number of primary amides is 3. The van der Waals surface area contributed by atoms with Crippen LogP contribution < -0.4 is 27.8 Å². The van der Waals surface area contributed by atoms with Crippen LogP contribution >= 0.6 is 7.82 Å². The minimum Gasteiger partial charge on any atom is -0.479 e. The molecule has 22 atom stereocenters. The normalized spacial score (nSPS) is 34.3. The van der Waals surface area contributed by atoms with Crippen molar-refractivity contribution in [1.29, 1.82) is 0 Å². The van der Waals surface area contributed by atoms with Crippen LogP contribution in [0.4, 0.5) is 4.79 Å². The number of carbonyl (C=O) groups excluding carboxylic acids is 5. The first kappa shape index (κ1) is 78.3. The molecule has 4 heterocycles. The number of hydrogen-bond donors (Lipinski definition) is 14. The Bertz CT molecular complexity index is 2670. The number of allylic oxidation sites excluding steroid dienone is 8. The van der Waals surface area contributed by atoms with Crippen LogP contribution in [-0.2, 0) is 80.2 Å². The smallest absolute Gasteiger partial charge is 0.474 e. The highest BCUT2D eigenvalue weighted by Crippen LogP contribution is 2.49. The number of carboxylic acid groups (broad SMARTS) is 1. The first-order valence-electron chi connectivity index (χ1n) is 29.5. The second kappa shape index (κ2) is 34.8. The highest BCUT2D eigenvalue weighted by molar-refractivity contribution is 7.47. The van der Waals surface area contributed by atoms with E-state index in [9.17, 15) is 79.1 Å². The number of amides is 5. The maximum Gasteiger partial charge on any atom is 0.474 e. The summed E-state index contributed by atoms with van der Waals surface area (Å²) in [5.41, 5.74) is 18.0. The molecule has 0 aromatic rings. The fourth-order valence-corrected chi connectivity index (χ4v) is 11.1. The van der Waals surface area contributed by atoms with Crippen LogP contribution in [0.1, 0.15) is 114 Å². The molecule has 91 heavy (non-hydrogen) atoms. The third kappa shape index (κ3) is 23.1. The molecule has 0 bridgehead atoms. The number of aliphatic hydroxyl groups excluding tert-OH is 6. The van der Waals surface area contributed by atoms with Crippen LogP contribution in [0.25, 0.3) is 0 Å². The molecule has 4 aliphatic heterocycles. The van der Waals surface area contributed by atoms with Crippen molar-refractivity contribution in [3.63, 3.8) is 0 Å². The monoisotopic (exact) mass is 1320 g/mol. The van der Waals surface area contributed by atoms with Crippen molar-refractivity contribution >= 4 is 43.5 Å². The Morgan fingerprint density at radius 1 is 0.725 bits per heavy atom. The average Bonchev–Trinajstić information content (AvgIpc) is 0.764. The Balaban J connectivity index is 1.51. The van der Waals surface area contributed by atoms with Gasteiger partial charge < -0.3 is 116 Å². The van der Waals surface area contributed by atoms with Crippen LogP contribution in [0, 0.1) is 5.41 Å². The third-order valence-corrected chi connectivity index (χ3v) is 16.4. The molecule has 4 fully saturated rings. The van der Waals surface area contributed by atoms with Crippen molar-refractivity contribution in [2.45, 2.75) is 242 Å². The van der Waals surface area contributed by atoms with Crippen LogP contribution in [0.3, 0.4) is 0 Å². The van der Waals surface area contributed by atoms with Crippen LogP contribution in [-0.4, -0.2) is 230 Å². The summed E-state index contributed by atoms with van der Waals surface area (Å²) < 4.78 is 75.6. The summed E-state index contributed by atoms with van der Waals surface area (Å²) in [7, 11) is -5.71. The van der Waals surface area contributed by atoms with E-state index in [1.165, 1.54) is 18.1 Å². The summed E-state index contributed by atoms with van der Waals surface area (Å²) in [6.07, 6.45) is -21.8. The van der Waals surface area contributed by atoms with Gasteiger partial charge in [-0.05, 0) is 91.9 Å². The molecule has 0 aromatic carbocycles. The lowest BCUT2D eigenvalue weighted by Gasteiger charge is -2.51. The van der Waals surface area contributed by atoms with E-state index >= 15 is 0 Å². The Labute approximate surface area is 527 Å². The summed E-state index contributed by atoms with van der Waals surface area (Å²) in [5, 5.41) is 92.4. The van der Waals surface area contributed by atoms with Gasteiger partial charge in [0.15, 0.2) is 55.7 Å². The molecule has 5 amide bonds. The average molecular weight is 1320 g/mol. The van der Waals surface area contributed by atoms with E-state index in [4.69, 9.17) is 68.9 Å². The van der Waals surface area contributed by atoms with Crippen molar-refractivity contribution in [2.75, 3.05) is 19.8 Å². The van der Waals surface area contributed by atoms with Crippen LogP contribution in [0.5, 0.6) is 0 Å². The van der Waals surface area contributed by atoms with E-state index in [0.29, 0.717) is 6.42 Å². The molecule has 32 nitrogen and oxygen atoms in total. The molecule has 0 aromatic heterocycles. The summed E-state index contributed by atoms with van der Waals surface area (Å²) in [6, 6.07) is -3.63. The fourth-order valence-electron chi connectivity index (χ4n) is 10.3. The zero-order chi connectivity index (χ0) is 68.6. The molecule has 17 N–H and O–H groups in total. The number of aliphatic hydroxyl groups is 7. The number of aliphatic carboxylic acids is 1. The highest BCUT2D eigenvalue weighted by Gasteiger charge is 2.62. The predicted octanol–water partition coefficient (Wildman–Crippen LogP) is -0.615. The zero-order valence-corrected chi connectivity index (χ0v) is 53.7. The minimum absolute atomic E-state index is 0.0166. The molecular weight excluding hydrogens is 1230 g/mol. The van der Waals surface area contributed by atoms with Gasteiger partial charge in [0.1, 0.15) is 66.5 Å². The molecule has 0 saturated carbocycles. The predicted molar refractivity (Wildman–Crippen MR) is 316 cm³/mol. The molecular formula is C58H94N5O27P. The SMILES string of the molecule is C=C(C/C=C(\C)CCC=C(C)C)CCC(C)(C)C/C=C/C/C(C)=C\CO[C@H](COP(=O)(O)O[C@H]1O[C@H](C(N)=O)[C@@](C)(O)[C@H](OC(N)=O)[C@H]1O[C@@H]1O[C@H](CO)[C@@H](O[C@@H]2O[C@H](C)[C@@H](O[C@@H]3O[C@H](C(N)=O)[C@@H](O)[C@H](O)[C@H]3O)[C@H](O)[C@H]2NC(C)=O)[C@H](O)[C@H]1NC(C)=O)C(=O)O. The van der Waals surface area contributed by atoms with Crippen LogP contribution in [0.15, 0.2) is 59.3 Å². The van der Waals surface area contributed by atoms with E-state index in [-0.39, 0.29) is 12.0 Å². The van der Waals surface area contributed by atoms with Crippen LogP contribution in [0.2, 0.25) is 0 Å². The zero-order valence-electron chi connectivity index (χ0n) is 52.8. The second-order valence-corrected chi connectivity index (χ2v) is 25.7. The van der Waals surface area contributed by atoms with Gasteiger partial charge in [-0.25, -0.2) is 14.2 Å². The molecule has 0 aliphatic carbocycles. The minimum atomic E-state index is -5.71. The maximum atomic E-state index is 13.8. The Morgan fingerprint density at radius 2 is 1.32 bits per heavy atom. The summed E-state index contributed by atoms with van der Waals surface area (Å²) in [5.74, 6) is -6.12. The first-order valence-corrected chi connectivity index (χ1v) is 31.0. The van der Waals surface area contributed by atoms with Crippen molar-refractivity contribution in [3.05, 3.63) is 59.3 Å². The number of nitrogens with two attached hydrogens (primary N) is 3. The number of hydrogen-bond acceptors (Lipinski definition) is 25. The number of phosphoric ester groups is 1. The lowest BCUT2D eigenvalue weighted by Crippen LogP contribution is -2.72. The van der Waals surface area contributed by atoms with E-state index in [1.54, 1.807) is 13.0 Å². The molecule has 33 heteroatoms. The number of carbonyl (C=O) groups is 6. The number of phosphoric acid groups is 1. The summed E-state index contributed by atoms with van der Waals surface area (Å²) >= 11 is 0.